The zero-order chi connectivity index (χ0) is 74.8. The minimum Gasteiger partial charge on any atom is -0.354 e. The van der Waals surface area contributed by atoms with E-state index in [-0.39, 0.29) is 0 Å². The molecule has 0 spiro atoms. The molecule has 36 heteroatoms. The van der Waals surface area contributed by atoms with Gasteiger partial charge in [-0.15, -0.1) is 0 Å². The van der Waals surface area contributed by atoms with E-state index in [0.717, 1.165) is 0 Å². The lowest BCUT2D eigenvalue weighted by atomic mass is 10.00. The topological polar surface area (TPSA) is 72.3 Å². The molecule has 4 aliphatic heterocycles. The third kappa shape index (κ3) is 10.2. The molecule has 0 amide bonds. The summed E-state index contributed by atoms with van der Waals surface area (Å²) in [6, 6.07) is 1.66. The molecule has 103 heavy (non-hydrogen) atoms. The van der Waals surface area contributed by atoms with Gasteiger partial charge in [-0.2, -0.15) is 0 Å². The number of nitrogens with zero attached hydrogens (tertiary/aromatic N) is 5. The Morgan fingerprint density at radius 1 is 0.184 bits per heavy atom. The number of nitrogens with one attached hydrogen (secondary N) is 1. The van der Waals surface area contributed by atoms with E-state index < -0.39 is 309 Å². The number of hydrogen-bond donors (Lipinski definition) is 1. The molecule has 1 N–H and O–H groups in total. The fourth-order valence-corrected chi connectivity index (χ4v) is 11.6. The molecule has 0 saturated heterocycles. The van der Waals surface area contributed by atoms with Crippen molar-refractivity contribution >= 4 is 70.7 Å². The Morgan fingerprint density at radius 2 is 0.330 bits per heavy atom. The van der Waals surface area contributed by atoms with Gasteiger partial charge in [-0.05, 0) is 72.9 Å². The first-order chi connectivity index (χ1) is 48.5. The highest BCUT2D eigenvalue weighted by molar-refractivity contribution is 6.01. The van der Waals surface area contributed by atoms with Gasteiger partial charge in [0.05, 0.1) is 90.0 Å². The maximum Gasteiger partial charge on any atom is 0.200 e. The molecule has 7 heterocycles. The van der Waals surface area contributed by atoms with Crippen molar-refractivity contribution in [2.75, 3.05) is 0 Å². The number of H-pyrrole nitrogens is 1. The first-order valence-electron chi connectivity index (χ1n) is 27.8. The lowest BCUT2D eigenvalue weighted by Crippen LogP contribution is -2.07. The van der Waals surface area contributed by atoms with Crippen LogP contribution in [0.4, 0.5) is 132 Å². The first kappa shape index (κ1) is 69.6. The summed E-state index contributed by atoms with van der Waals surface area (Å²) in [5, 5.41) is 0. The Bertz CT molecular complexity index is 5440. The predicted molar refractivity (Wildman–Crippen MR) is 304 cm³/mol. The molecule has 13 rings (SSSR count). The summed E-state index contributed by atoms with van der Waals surface area (Å²) in [6.07, 6.45) is 2.89. The molecule has 4 aliphatic rings. The predicted octanol–water partition coefficient (Wildman–Crippen LogP) is 20.8. The Morgan fingerprint density at radius 3 is 0.524 bits per heavy atom. The van der Waals surface area contributed by atoms with E-state index in [4.69, 9.17) is 0 Å². The molecular formula is C67H16F30N6. The van der Waals surface area contributed by atoms with Crippen molar-refractivity contribution in [2.45, 2.75) is 0 Å². The van der Waals surface area contributed by atoms with Crippen LogP contribution >= 0.6 is 0 Å². The van der Waals surface area contributed by atoms with Crippen LogP contribution < -0.4 is 0 Å². The average molecular weight is 1470 g/mol. The number of fused-ring (bicyclic) bond motifs is 12. The number of aromatic nitrogens is 6. The van der Waals surface area contributed by atoms with E-state index >= 15 is 105 Å². The monoisotopic (exact) mass is 1470 g/mol. The van der Waals surface area contributed by atoms with Crippen LogP contribution in [0.3, 0.4) is 0 Å². The quantitative estimate of drug-likeness (QED) is 0.102. The third-order valence-electron chi connectivity index (χ3n) is 16.2. The molecule has 0 fully saturated rings. The van der Waals surface area contributed by atoms with Crippen molar-refractivity contribution < 1.29 is 132 Å². The summed E-state index contributed by atoms with van der Waals surface area (Å²) in [5.41, 5.74) is -38.6. The van der Waals surface area contributed by atoms with Crippen LogP contribution in [0.1, 0.15) is 45.6 Å². The van der Waals surface area contributed by atoms with Crippen LogP contribution in [0.25, 0.3) is 137 Å². The fraction of sp³-hybridized carbons (Fsp3) is 0.0149. The summed E-state index contributed by atoms with van der Waals surface area (Å²) < 4.78 is 474. The van der Waals surface area contributed by atoms with Gasteiger partial charge in [0.25, 0.3) is 0 Å². The number of aryl methyl sites for hydroxylation is 1. The smallest absolute Gasteiger partial charge is 0.200 e. The number of aromatic amines is 1. The molecule has 0 atom stereocenters. The molecular weight excluding hydrogens is 1460 g/mol. The molecule has 524 valence electrons. The summed E-state index contributed by atoms with van der Waals surface area (Å²) in [6.45, 7) is 0. The van der Waals surface area contributed by atoms with Crippen LogP contribution in [0, 0.1) is 175 Å². The third-order valence-corrected chi connectivity index (χ3v) is 16.2. The molecule has 0 aliphatic carbocycles. The Hall–Kier alpha value is -11.9. The van der Waals surface area contributed by atoms with E-state index in [1.165, 1.54) is 0 Å². The lowest BCUT2D eigenvalue weighted by molar-refractivity contribution is 0.381. The zero-order valence-corrected chi connectivity index (χ0v) is 49.0. The zero-order valence-electron chi connectivity index (χ0n) is 49.0. The lowest BCUT2D eigenvalue weighted by Gasteiger charge is -2.13. The van der Waals surface area contributed by atoms with Crippen LogP contribution in [0.15, 0.2) is 24.3 Å². The standard InChI is InChI=1S/C67H16F30N6/c1-103-24-12-13-25(103)31(37-48(78)60(90)67(97)61(91)49(37)79)23-11-9-21(102-23)29(35-44(74)56(86)65(95)57(87)45(35)75)19-7-5-17(100-19)27(33-40(70)52(82)63(93)53(83)41(33)71)15-3-2-14(98-15)26(32-38(68)50(80)62(92)51(81)39(32)69)16-4-6-18(99-16)28(34-42(72)54(84)64(94)55(85)43(34)73)20-8-10-22(101-20)30(24)36-46(76)58(88)66(96)59(89)47(36)77/h2-13,98H,1H3. The Labute approximate surface area is 548 Å². The van der Waals surface area contributed by atoms with Gasteiger partial charge in [0.15, 0.2) is 140 Å². The molecule has 12 bridgehead atoms. The van der Waals surface area contributed by atoms with Crippen LogP contribution in [0.2, 0.25) is 0 Å². The second-order valence-electron chi connectivity index (χ2n) is 21.7. The summed E-state index contributed by atoms with van der Waals surface area (Å²) in [4.78, 5) is 17.7. The largest absolute Gasteiger partial charge is 0.354 e. The molecule has 0 unspecified atom stereocenters. The van der Waals surface area contributed by atoms with E-state index in [2.05, 4.69) is 24.9 Å². The van der Waals surface area contributed by atoms with Gasteiger partial charge >= 0.3 is 0 Å². The number of halogens is 30. The minimum atomic E-state index is -2.92. The first-order valence-corrected chi connectivity index (χ1v) is 27.8. The van der Waals surface area contributed by atoms with Gasteiger partial charge in [-0.25, -0.2) is 152 Å². The van der Waals surface area contributed by atoms with Crippen molar-refractivity contribution in [1.82, 2.24) is 29.5 Å². The van der Waals surface area contributed by atoms with Gasteiger partial charge in [0.2, 0.25) is 34.9 Å². The minimum absolute atomic E-state index is 0.306. The maximum absolute atomic E-state index is 16.6. The Kier molecular flexibility index (Phi) is 16.7. The molecule has 0 radical (unpaired) electrons. The average Bonchev–Trinajstić information content (AvgIpc) is 1.63. The second-order valence-corrected chi connectivity index (χ2v) is 21.7. The van der Waals surface area contributed by atoms with Gasteiger partial charge in [0, 0.05) is 51.5 Å². The normalized spacial score (nSPS) is 12.5. The molecule has 0 saturated carbocycles. The summed E-state index contributed by atoms with van der Waals surface area (Å²) in [7, 11) is 0.578. The van der Waals surface area contributed by atoms with E-state index in [9.17, 15) is 26.3 Å². The summed E-state index contributed by atoms with van der Waals surface area (Å²) >= 11 is 0. The van der Waals surface area contributed by atoms with Crippen molar-refractivity contribution in [3.8, 4) is 66.8 Å². The van der Waals surface area contributed by atoms with Crippen molar-refractivity contribution in [3.63, 3.8) is 0 Å². The number of hydrogen-bond acceptors (Lipinski definition) is 4. The van der Waals surface area contributed by atoms with Gasteiger partial charge < -0.3 is 9.55 Å². The summed E-state index contributed by atoms with van der Waals surface area (Å²) in [5.74, 6) is -86.1. The maximum atomic E-state index is 16.6. The van der Waals surface area contributed by atoms with Crippen LogP contribution in [0.5, 0.6) is 0 Å². The van der Waals surface area contributed by atoms with Crippen LogP contribution in [-0.4, -0.2) is 29.5 Å². The van der Waals surface area contributed by atoms with E-state index in [1.807, 2.05) is 0 Å². The molecule has 9 aromatic rings. The van der Waals surface area contributed by atoms with E-state index in [1.54, 1.807) is 0 Å². The number of rotatable bonds is 6. The fourth-order valence-electron chi connectivity index (χ4n) is 11.6. The molecule has 6 aromatic carbocycles. The highest BCUT2D eigenvalue weighted by Crippen LogP contribution is 2.48. The molecule has 3 aromatic heterocycles. The second kappa shape index (κ2) is 24.7. The van der Waals surface area contributed by atoms with Crippen molar-refractivity contribution in [2.24, 2.45) is 7.05 Å². The van der Waals surface area contributed by atoms with Gasteiger partial charge in [-0.1, -0.05) is 0 Å². The van der Waals surface area contributed by atoms with Gasteiger partial charge in [-0.3, -0.25) is 0 Å². The highest BCUT2D eigenvalue weighted by Gasteiger charge is 2.39. The van der Waals surface area contributed by atoms with E-state index in [0.29, 0.717) is 84.5 Å². The number of benzene rings is 6. The molecule has 6 nitrogen and oxygen atoms in total. The SMILES string of the molecule is Cn1c2ccc1c(-c1c(F)c(F)c(F)c(F)c1F)c1nc(c(-c3c(F)c(F)c(F)c(F)c3F)c3nc(c(-c4c(F)c(F)c(F)c(F)c4F)c4ccc([nH]4)c(-c4c(F)c(F)c(F)c(F)c4F)c4nc(c(-c5c(F)c(F)c(F)c(F)c5F)c5nc(c2-c2c(F)c(F)c(F)c(F)c2F)C=C5)C=C4)C=C3)C=C1. The van der Waals surface area contributed by atoms with Crippen molar-refractivity contribution in [1.29, 1.82) is 0 Å². The Balaban J connectivity index is 1.36. The van der Waals surface area contributed by atoms with Crippen molar-refractivity contribution in [3.05, 3.63) is 244 Å². The van der Waals surface area contributed by atoms with Crippen LogP contribution in [-0.2, 0) is 7.05 Å². The van der Waals surface area contributed by atoms with Gasteiger partial charge in [0.1, 0.15) is 0 Å². The highest BCUT2D eigenvalue weighted by atomic mass is 19.2.